The van der Waals surface area contributed by atoms with Crippen LogP contribution in [0, 0.1) is 5.92 Å². The van der Waals surface area contributed by atoms with Crippen LogP contribution in [0.4, 0.5) is 0 Å². The van der Waals surface area contributed by atoms with Crippen LogP contribution in [0.3, 0.4) is 0 Å². The van der Waals surface area contributed by atoms with Gasteiger partial charge >= 0.3 is 11.9 Å². The maximum Gasteiger partial charge on any atom is 0.306 e. The molecule has 0 heterocycles. The van der Waals surface area contributed by atoms with E-state index < -0.39 is 17.9 Å². The normalized spacial score (nSPS) is 11.9. The van der Waals surface area contributed by atoms with Crippen molar-refractivity contribution in [3.63, 3.8) is 0 Å². The summed E-state index contributed by atoms with van der Waals surface area (Å²) in [6.45, 7) is 1.76. The lowest BCUT2D eigenvalue weighted by molar-refractivity contribution is -0.144. The summed E-state index contributed by atoms with van der Waals surface area (Å²) in [5.74, 6) is -2.34. The predicted octanol–water partition coefficient (Wildman–Crippen LogP) is 6.73. The van der Waals surface area contributed by atoms with Gasteiger partial charge in [0.2, 0.25) is 0 Å². The number of carbonyl (C=O) groups is 4. The second-order valence-corrected chi connectivity index (χ2v) is 9.05. The number of carboxylic acids is 2. The first-order valence-electron chi connectivity index (χ1n) is 12.8. The lowest BCUT2D eigenvalue weighted by Gasteiger charge is -2.11. The molecule has 0 amide bonds. The molecule has 0 rings (SSSR count). The first-order chi connectivity index (χ1) is 15.4. The molecule has 0 saturated carbocycles. The Bertz CT molecular complexity index is 528. The Morgan fingerprint density at radius 1 is 0.562 bits per heavy atom. The average molecular weight is 455 g/mol. The lowest BCUT2D eigenvalue weighted by Crippen LogP contribution is -2.19. The van der Waals surface area contributed by atoms with Crippen LogP contribution in [0.2, 0.25) is 0 Å². The van der Waals surface area contributed by atoms with Gasteiger partial charge in [0, 0.05) is 32.1 Å². The van der Waals surface area contributed by atoms with Crippen molar-refractivity contribution in [1.82, 2.24) is 0 Å². The van der Waals surface area contributed by atoms with Crippen LogP contribution in [0.15, 0.2) is 0 Å². The van der Waals surface area contributed by atoms with Crippen LogP contribution < -0.4 is 0 Å². The quantitative estimate of drug-likeness (QED) is 0.156. The van der Waals surface area contributed by atoms with E-state index in [2.05, 4.69) is 0 Å². The van der Waals surface area contributed by atoms with Gasteiger partial charge in [0.1, 0.15) is 11.6 Å². The van der Waals surface area contributed by atoms with Crippen LogP contribution in [-0.2, 0) is 19.2 Å². The highest BCUT2D eigenvalue weighted by Crippen LogP contribution is 2.17. The monoisotopic (exact) mass is 454 g/mol. The third-order valence-electron chi connectivity index (χ3n) is 6.09. The number of hydrogen-bond donors (Lipinski definition) is 2. The molecule has 2 N–H and O–H groups in total. The molecule has 0 radical (unpaired) electrons. The van der Waals surface area contributed by atoms with Crippen molar-refractivity contribution in [2.24, 2.45) is 5.92 Å². The van der Waals surface area contributed by atoms with Crippen molar-refractivity contribution in [2.75, 3.05) is 0 Å². The Morgan fingerprint density at radius 3 is 1.34 bits per heavy atom. The minimum atomic E-state index is -0.974. The summed E-state index contributed by atoms with van der Waals surface area (Å²) in [5.41, 5.74) is 0. The van der Waals surface area contributed by atoms with Gasteiger partial charge < -0.3 is 10.2 Å². The number of unbranched alkanes of at least 4 members (excludes halogenated alkanes) is 13. The molecule has 0 aliphatic heterocycles. The van der Waals surface area contributed by atoms with Gasteiger partial charge in [-0.05, 0) is 19.3 Å². The van der Waals surface area contributed by atoms with E-state index in [9.17, 15) is 24.3 Å². The van der Waals surface area contributed by atoms with Gasteiger partial charge in [-0.25, -0.2) is 0 Å². The molecule has 0 aromatic heterocycles. The van der Waals surface area contributed by atoms with Crippen molar-refractivity contribution in [1.29, 1.82) is 0 Å². The molecule has 0 saturated heterocycles. The molecule has 6 heteroatoms. The summed E-state index contributed by atoms with van der Waals surface area (Å²) in [6, 6.07) is 0. The van der Waals surface area contributed by atoms with Gasteiger partial charge in [0.15, 0.2) is 0 Å². The Labute approximate surface area is 194 Å². The minimum absolute atomic E-state index is 0.00299. The number of aliphatic carboxylic acids is 2. The molecule has 32 heavy (non-hydrogen) atoms. The number of ketones is 2. The molecule has 0 aromatic carbocycles. The fraction of sp³-hybridized carbons (Fsp3) is 0.846. The smallest absolute Gasteiger partial charge is 0.306 e. The standard InChI is InChI=1S/C26H46O6/c1-2-23(27)20-19-22(26(31)32)21-24(28)17-15-13-11-9-7-5-3-4-6-8-10-12-14-16-18-25(29)30/h22H,2-21H2,1H3,(H,29,30)(H,31,32)/t22-/m1/s1. The van der Waals surface area contributed by atoms with Crippen LogP contribution in [0.25, 0.3) is 0 Å². The number of carbonyl (C=O) groups excluding carboxylic acids is 2. The molecular formula is C26H46O6. The molecule has 0 spiro atoms. The first-order valence-corrected chi connectivity index (χ1v) is 12.8. The van der Waals surface area contributed by atoms with Gasteiger partial charge in [0.05, 0.1) is 5.92 Å². The number of hydrogen-bond acceptors (Lipinski definition) is 4. The molecular weight excluding hydrogens is 408 g/mol. The first kappa shape index (κ1) is 30.3. The van der Waals surface area contributed by atoms with Crippen LogP contribution in [-0.4, -0.2) is 33.7 Å². The van der Waals surface area contributed by atoms with Gasteiger partial charge in [0.25, 0.3) is 0 Å². The molecule has 0 unspecified atom stereocenters. The van der Waals surface area contributed by atoms with Gasteiger partial charge in [-0.3, -0.25) is 19.2 Å². The van der Waals surface area contributed by atoms with Crippen LogP contribution in [0.5, 0.6) is 0 Å². The summed E-state index contributed by atoms with van der Waals surface area (Å²) in [6.07, 6.45) is 17.6. The van der Waals surface area contributed by atoms with Crippen molar-refractivity contribution < 1.29 is 29.4 Å². The zero-order valence-corrected chi connectivity index (χ0v) is 20.2. The van der Waals surface area contributed by atoms with E-state index in [0.29, 0.717) is 19.3 Å². The van der Waals surface area contributed by atoms with E-state index >= 15 is 0 Å². The fourth-order valence-electron chi connectivity index (χ4n) is 3.92. The Hall–Kier alpha value is -1.72. The maximum atomic E-state index is 12.1. The fourth-order valence-corrected chi connectivity index (χ4v) is 3.92. The van der Waals surface area contributed by atoms with E-state index in [1.165, 1.54) is 51.4 Å². The zero-order valence-electron chi connectivity index (χ0n) is 20.2. The largest absolute Gasteiger partial charge is 0.481 e. The van der Waals surface area contributed by atoms with E-state index in [4.69, 9.17) is 5.11 Å². The van der Waals surface area contributed by atoms with Crippen LogP contribution in [0.1, 0.15) is 135 Å². The molecule has 186 valence electrons. The summed E-state index contributed by atoms with van der Waals surface area (Å²) >= 11 is 0. The number of carboxylic acid groups (broad SMARTS) is 2. The highest BCUT2D eigenvalue weighted by atomic mass is 16.4. The SMILES string of the molecule is CCC(=O)CC[C@H](CC(=O)CCCCCCCCCCCCCCCCC(=O)O)C(=O)O. The lowest BCUT2D eigenvalue weighted by atomic mass is 9.93. The molecule has 0 aromatic rings. The maximum absolute atomic E-state index is 12.1. The number of rotatable bonds is 24. The second-order valence-electron chi connectivity index (χ2n) is 9.05. The second kappa shape index (κ2) is 21.1. The number of Topliss-reactive ketones (excluding diaryl/α,β-unsaturated/α-hetero) is 2. The van der Waals surface area contributed by atoms with E-state index in [-0.39, 0.29) is 30.8 Å². The average Bonchev–Trinajstić information content (AvgIpc) is 2.75. The summed E-state index contributed by atoms with van der Waals surface area (Å²) in [7, 11) is 0. The summed E-state index contributed by atoms with van der Waals surface area (Å²) < 4.78 is 0. The van der Waals surface area contributed by atoms with Gasteiger partial charge in [-0.2, -0.15) is 0 Å². The predicted molar refractivity (Wildman–Crippen MR) is 127 cm³/mol. The summed E-state index contributed by atoms with van der Waals surface area (Å²) in [4.78, 5) is 45.1. The molecule has 1 atom stereocenters. The van der Waals surface area contributed by atoms with Crippen molar-refractivity contribution in [3.05, 3.63) is 0 Å². The van der Waals surface area contributed by atoms with Crippen molar-refractivity contribution in [2.45, 2.75) is 135 Å². The molecule has 0 aliphatic rings. The minimum Gasteiger partial charge on any atom is -0.481 e. The third kappa shape index (κ3) is 20.2. The Morgan fingerprint density at radius 2 is 0.969 bits per heavy atom. The topological polar surface area (TPSA) is 109 Å². The Kier molecular flexibility index (Phi) is 20.0. The highest BCUT2D eigenvalue weighted by molar-refractivity contribution is 5.84. The van der Waals surface area contributed by atoms with Crippen molar-refractivity contribution in [3.8, 4) is 0 Å². The molecule has 0 fully saturated rings. The summed E-state index contributed by atoms with van der Waals surface area (Å²) in [5, 5.41) is 17.8. The van der Waals surface area contributed by atoms with Crippen molar-refractivity contribution >= 4 is 23.5 Å². The molecule has 0 bridgehead atoms. The van der Waals surface area contributed by atoms with Gasteiger partial charge in [-0.1, -0.05) is 84.0 Å². The zero-order chi connectivity index (χ0) is 24.0. The van der Waals surface area contributed by atoms with E-state index in [1.807, 2.05) is 0 Å². The molecule has 6 nitrogen and oxygen atoms in total. The third-order valence-corrected chi connectivity index (χ3v) is 6.09. The van der Waals surface area contributed by atoms with E-state index in [0.717, 1.165) is 38.5 Å². The van der Waals surface area contributed by atoms with Gasteiger partial charge in [-0.15, -0.1) is 0 Å². The van der Waals surface area contributed by atoms with Crippen LogP contribution >= 0.6 is 0 Å². The Balaban J connectivity index is 3.48. The molecule has 0 aliphatic carbocycles. The van der Waals surface area contributed by atoms with E-state index in [1.54, 1.807) is 6.92 Å². The highest BCUT2D eigenvalue weighted by Gasteiger charge is 2.21.